The number of carbonyl (C=O) groups is 1. The lowest BCUT2D eigenvalue weighted by molar-refractivity contribution is -0.110. The molecule has 0 bridgehead atoms. The van der Waals surface area contributed by atoms with Crippen molar-refractivity contribution in [3.05, 3.63) is 11.6 Å². The molecule has 1 nitrogen and oxygen atoms in total. The summed E-state index contributed by atoms with van der Waals surface area (Å²) in [6.45, 7) is 14.9. The number of hydrogen-bond acceptors (Lipinski definition) is 2. The van der Waals surface area contributed by atoms with Gasteiger partial charge in [0.2, 0.25) is 5.12 Å². The molecule has 0 amide bonds. The van der Waals surface area contributed by atoms with Crippen LogP contribution in [0.25, 0.3) is 0 Å². The van der Waals surface area contributed by atoms with Crippen LogP contribution in [0.3, 0.4) is 0 Å². The number of allylic oxidation sites excluding steroid dienone is 2. The van der Waals surface area contributed by atoms with Gasteiger partial charge in [0.1, 0.15) is 0 Å². The number of rotatable bonds is 10. The molecule has 4 aliphatic carbocycles. The predicted octanol–water partition coefficient (Wildman–Crippen LogP) is 10.6. The Morgan fingerprint density at radius 1 is 1.03 bits per heavy atom. The Morgan fingerprint density at radius 3 is 2.53 bits per heavy atom. The highest BCUT2D eigenvalue weighted by molar-refractivity contribution is 9.10. The summed E-state index contributed by atoms with van der Waals surface area (Å²) in [5.74, 6) is 5.39. The van der Waals surface area contributed by atoms with Crippen LogP contribution >= 0.6 is 27.7 Å². The molecule has 36 heavy (non-hydrogen) atoms. The van der Waals surface area contributed by atoms with Gasteiger partial charge in [0.25, 0.3) is 0 Å². The molecule has 9 atom stereocenters. The Hall–Kier alpha value is 0.240. The van der Waals surface area contributed by atoms with Crippen molar-refractivity contribution in [3.8, 4) is 0 Å². The molecule has 206 valence electrons. The first-order valence-corrected chi connectivity index (χ1v) is 17.4. The van der Waals surface area contributed by atoms with Gasteiger partial charge in [-0.2, -0.15) is 0 Å². The standard InChI is InChI=1S/C33H55BrOS/c1-7-8-12-30(34)31(35)36-25-17-19-32(5)24(21-25)13-14-26-28-16-15-27(23(4)11-9-10-22(2)3)33(28,6)20-18-29(26)32/h13,22-23,25-30H,7-12,14-21H2,1-6H3. The first-order valence-electron chi connectivity index (χ1n) is 15.6. The molecule has 0 spiro atoms. The predicted molar refractivity (Wildman–Crippen MR) is 162 cm³/mol. The molecule has 3 fully saturated rings. The van der Waals surface area contributed by atoms with E-state index in [1.165, 1.54) is 64.2 Å². The van der Waals surface area contributed by atoms with Gasteiger partial charge in [-0.25, -0.2) is 0 Å². The largest absolute Gasteiger partial charge is 0.286 e. The highest BCUT2D eigenvalue weighted by Crippen LogP contribution is 2.67. The van der Waals surface area contributed by atoms with E-state index in [2.05, 4.69) is 63.5 Å². The first kappa shape index (κ1) is 29.2. The van der Waals surface area contributed by atoms with Crippen LogP contribution < -0.4 is 0 Å². The molecule has 4 rings (SSSR count). The summed E-state index contributed by atoms with van der Waals surface area (Å²) in [6.07, 6.45) is 21.1. The number of hydrogen-bond donors (Lipinski definition) is 0. The number of unbranched alkanes of at least 4 members (excludes halogenated alkanes) is 1. The Bertz CT molecular complexity index is 791. The number of carbonyl (C=O) groups excluding carboxylic acids is 1. The molecule has 3 heteroatoms. The van der Waals surface area contributed by atoms with Crippen LogP contribution in [0.5, 0.6) is 0 Å². The van der Waals surface area contributed by atoms with E-state index in [9.17, 15) is 4.79 Å². The molecular formula is C33H55BrOS. The van der Waals surface area contributed by atoms with Crippen LogP contribution in [0.1, 0.15) is 131 Å². The molecule has 0 aromatic rings. The van der Waals surface area contributed by atoms with E-state index in [1.54, 1.807) is 17.3 Å². The minimum Gasteiger partial charge on any atom is -0.286 e. The maximum atomic E-state index is 12.8. The van der Waals surface area contributed by atoms with Crippen molar-refractivity contribution in [3.63, 3.8) is 0 Å². The summed E-state index contributed by atoms with van der Waals surface area (Å²) in [4.78, 5) is 12.9. The molecule has 0 heterocycles. The maximum absolute atomic E-state index is 12.8. The third kappa shape index (κ3) is 5.88. The van der Waals surface area contributed by atoms with Gasteiger partial charge in [0, 0.05) is 5.25 Å². The van der Waals surface area contributed by atoms with E-state index >= 15 is 0 Å². The monoisotopic (exact) mass is 578 g/mol. The van der Waals surface area contributed by atoms with E-state index in [1.807, 2.05) is 0 Å². The van der Waals surface area contributed by atoms with Gasteiger partial charge in [0.05, 0.1) is 4.83 Å². The highest BCUT2D eigenvalue weighted by Gasteiger charge is 2.59. The SMILES string of the molecule is CCCCC(Br)C(=O)SC1CCC2(C)C(=CCC3C2CCC2(C)C(C(C)CCCC(C)C)CCC32)C1. The van der Waals surface area contributed by atoms with Crippen molar-refractivity contribution in [1.82, 2.24) is 0 Å². The van der Waals surface area contributed by atoms with Crippen molar-refractivity contribution >= 4 is 32.8 Å². The van der Waals surface area contributed by atoms with E-state index in [0.29, 0.717) is 21.2 Å². The van der Waals surface area contributed by atoms with Crippen molar-refractivity contribution in [2.45, 2.75) is 142 Å². The lowest BCUT2D eigenvalue weighted by Crippen LogP contribution is -2.50. The third-order valence-corrected chi connectivity index (χ3v) is 14.0. The molecule has 0 aliphatic heterocycles. The fourth-order valence-electron chi connectivity index (χ4n) is 9.49. The molecule has 4 aliphatic rings. The van der Waals surface area contributed by atoms with Gasteiger partial charge in [-0.05, 0) is 104 Å². The second-order valence-electron chi connectivity index (χ2n) is 14.2. The van der Waals surface area contributed by atoms with Crippen LogP contribution in [0.4, 0.5) is 0 Å². The molecule has 0 radical (unpaired) electrons. The summed E-state index contributed by atoms with van der Waals surface area (Å²) in [7, 11) is 0. The molecule has 0 saturated heterocycles. The second kappa shape index (κ2) is 12.2. The average Bonchev–Trinajstić information content (AvgIpc) is 3.19. The molecule has 9 unspecified atom stereocenters. The number of halogens is 1. The van der Waals surface area contributed by atoms with E-state index in [-0.39, 0.29) is 4.83 Å². The zero-order chi connectivity index (χ0) is 26.1. The Morgan fingerprint density at radius 2 is 1.81 bits per heavy atom. The number of fused-ring (bicyclic) bond motifs is 5. The minimum absolute atomic E-state index is 0.0413. The van der Waals surface area contributed by atoms with Crippen LogP contribution in [-0.2, 0) is 4.79 Å². The smallest absolute Gasteiger partial charge is 0.202 e. The fourth-order valence-corrected chi connectivity index (χ4v) is 11.2. The van der Waals surface area contributed by atoms with Crippen LogP contribution in [0, 0.1) is 46.3 Å². The second-order valence-corrected chi connectivity index (χ2v) is 16.6. The topological polar surface area (TPSA) is 17.1 Å². The summed E-state index contributed by atoms with van der Waals surface area (Å²) in [5, 5.41) is 0.866. The van der Waals surface area contributed by atoms with Crippen LogP contribution in [-0.4, -0.2) is 15.2 Å². The van der Waals surface area contributed by atoms with Gasteiger partial charge in [-0.15, -0.1) is 0 Å². The summed E-state index contributed by atoms with van der Waals surface area (Å²) < 4.78 is 0. The number of alkyl halides is 1. The van der Waals surface area contributed by atoms with Crippen molar-refractivity contribution in [2.75, 3.05) is 0 Å². The quantitative estimate of drug-likeness (QED) is 0.189. The normalized spacial score (nSPS) is 39.7. The molecular weight excluding hydrogens is 524 g/mol. The Kier molecular flexibility index (Phi) is 9.89. The van der Waals surface area contributed by atoms with Gasteiger partial charge >= 0.3 is 0 Å². The Labute approximate surface area is 236 Å². The lowest BCUT2D eigenvalue weighted by atomic mass is 9.47. The highest BCUT2D eigenvalue weighted by atomic mass is 79.9. The van der Waals surface area contributed by atoms with E-state index in [0.717, 1.165) is 61.2 Å². The first-order chi connectivity index (χ1) is 17.1. The summed E-state index contributed by atoms with van der Waals surface area (Å²) >= 11 is 5.34. The van der Waals surface area contributed by atoms with Crippen LogP contribution in [0.2, 0.25) is 0 Å². The molecule has 0 aromatic carbocycles. The summed E-state index contributed by atoms with van der Waals surface area (Å²) in [6, 6.07) is 0. The number of thioether (sulfide) groups is 1. The molecule has 0 N–H and O–H groups in total. The van der Waals surface area contributed by atoms with Crippen molar-refractivity contribution in [1.29, 1.82) is 0 Å². The van der Waals surface area contributed by atoms with Gasteiger partial charge < -0.3 is 0 Å². The van der Waals surface area contributed by atoms with Crippen molar-refractivity contribution in [2.24, 2.45) is 46.3 Å². The lowest BCUT2D eigenvalue weighted by Gasteiger charge is -2.58. The maximum Gasteiger partial charge on any atom is 0.202 e. The van der Waals surface area contributed by atoms with Crippen molar-refractivity contribution < 1.29 is 4.79 Å². The average molecular weight is 580 g/mol. The third-order valence-electron chi connectivity index (χ3n) is 11.6. The fraction of sp³-hybridized carbons (Fsp3) is 0.909. The summed E-state index contributed by atoms with van der Waals surface area (Å²) in [5.41, 5.74) is 2.68. The molecule has 0 aromatic heterocycles. The van der Waals surface area contributed by atoms with E-state index in [4.69, 9.17) is 0 Å². The van der Waals surface area contributed by atoms with Gasteiger partial charge in [-0.1, -0.05) is 113 Å². The zero-order valence-corrected chi connectivity index (χ0v) is 26.7. The van der Waals surface area contributed by atoms with Gasteiger partial charge in [0.15, 0.2) is 0 Å². The molecule has 3 saturated carbocycles. The van der Waals surface area contributed by atoms with Crippen LogP contribution in [0.15, 0.2) is 11.6 Å². The van der Waals surface area contributed by atoms with E-state index < -0.39 is 0 Å². The zero-order valence-electron chi connectivity index (χ0n) is 24.3. The minimum atomic E-state index is 0.0413. The Balaban J connectivity index is 1.40. The van der Waals surface area contributed by atoms with Gasteiger partial charge in [-0.3, -0.25) is 4.79 Å².